The number of halogens is 1. The summed E-state index contributed by atoms with van der Waals surface area (Å²) in [5.41, 5.74) is 1.68. The first-order valence-electron chi connectivity index (χ1n) is 6.33. The molecule has 0 radical (unpaired) electrons. The molecule has 0 bridgehead atoms. The van der Waals surface area contributed by atoms with E-state index in [2.05, 4.69) is 5.32 Å². The number of hydrogen-bond acceptors (Lipinski definition) is 2. The molecule has 1 heterocycles. The molecule has 4 heteroatoms. The Bertz CT molecular complexity index is 441. The molecule has 1 saturated heterocycles. The van der Waals surface area contributed by atoms with Gasteiger partial charge in [-0.1, -0.05) is 17.7 Å². The Morgan fingerprint density at radius 1 is 1.50 bits per heavy atom. The van der Waals surface area contributed by atoms with Gasteiger partial charge in [-0.25, -0.2) is 0 Å². The first-order chi connectivity index (χ1) is 8.59. The summed E-state index contributed by atoms with van der Waals surface area (Å²) >= 11 is 5.97. The third-order valence-corrected chi connectivity index (χ3v) is 3.80. The second-order valence-electron chi connectivity index (χ2n) is 4.88. The molecular weight excluding hydrogens is 248 g/mol. The molecule has 0 aromatic heterocycles. The van der Waals surface area contributed by atoms with Gasteiger partial charge in [-0.2, -0.15) is 0 Å². The van der Waals surface area contributed by atoms with Gasteiger partial charge in [0.2, 0.25) is 0 Å². The quantitative estimate of drug-likeness (QED) is 0.892. The summed E-state index contributed by atoms with van der Waals surface area (Å²) in [6, 6.07) is 5.74. The van der Waals surface area contributed by atoms with Crippen molar-refractivity contribution in [3.63, 3.8) is 0 Å². The fraction of sp³-hybridized carbons (Fsp3) is 0.500. The SMILES string of the molecule is Cc1ccc(Cl)cc1C(=O)N(C)C1CCCNC1. The Kier molecular flexibility index (Phi) is 4.25. The lowest BCUT2D eigenvalue weighted by atomic mass is 10.0. The maximum atomic E-state index is 12.5. The van der Waals surface area contributed by atoms with Gasteiger partial charge < -0.3 is 10.2 Å². The van der Waals surface area contributed by atoms with E-state index >= 15 is 0 Å². The van der Waals surface area contributed by atoms with Gasteiger partial charge in [0.15, 0.2) is 0 Å². The Morgan fingerprint density at radius 3 is 2.94 bits per heavy atom. The molecule has 0 aliphatic carbocycles. The number of nitrogens with one attached hydrogen (secondary N) is 1. The lowest BCUT2D eigenvalue weighted by Crippen LogP contribution is -2.46. The van der Waals surface area contributed by atoms with Crippen LogP contribution in [0, 0.1) is 6.92 Å². The lowest BCUT2D eigenvalue weighted by Gasteiger charge is -2.32. The summed E-state index contributed by atoms with van der Waals surface area (Å²) in [4.78, 5) is 14.3. The molecule has 0 spiro atoms. The Hall–Kier alpha value is -1.06. The molecule has 1 N–H and O–H groups in total. The van der Waals surface area contributed by atoms with E-state index in [1.165, 1.54) is 0 Å². The molecule has 0 saturated carbocycles. The molecule has 1 aromatic rings. The van der Waals surface area contributed by atoms with E-state index < -0.39 is 0 Å². The highest BCUT2D eigenvalue weighted by Crippen LogP contribution is 2.19. The van der Waals surface area contributed by atoms with Crippen molar-refractivity contribution in [3.8, 4) is 0 Å². The smallest absolute Gasteiger partial charge is 0.254 e. The third kappa shape index (κ3) is 2.85. The van der Waals surface area contributed by atoms with Gasteiger partial charge in [0.25, 0.3) is 5.91 Å². The molecule has 1 aliphatic rings. The minimum absolute atomic E-state index is 0.0590. The maximum Gasteiger partial charge on any atom is 0.254 e. The normalized spacial score (nSPS) is 19.6. The first kappa shape index (κ1) is 13.4. The zero-order valence-electron chi connectivity index (χ0n) is 10.9. The topological polar surface area (TPSA) is 32.3 Å². The number of amides is 1. The van der Waals surface area contributed by atoms with Crippen molar-refractivity contribution in [1.82, 2.24) is 10.2 Å². The number of hydrogen-bond donors (Lipinski definition) is 1. The van der Waals surface area contributed by atoms with Gasteiger partial charge in [0.05, 0.1) is 0 Å². The molecule has 2 rings (SSSR count). The van der Waals surface area contributed by atoms with Crippen molar-refractivity contribution in [3.05, 3.63) is 34.3 Å². The van der Waals surface area contributed by atoms with Crippen LogP contribution >= 0.6 is 11.6 Å². The fourth-order valence-electron chi connectivity index (χ4n) is 2.34. The Morgan fingerprint density at radius 2 is 2.28 bits per heavy atom. The van der Waals surface area contributed by atoms with E-state index in [9.17, 15) is 4.79 Å². The fourth-order valence-corrected chi connectivity index (χ4v) is 2.52. The van der Waals surface area contributed by atoms with Gasteiger partial charge in [-0.15, -0.1) is 0 Å². The number of aryl methyl sites for hydroxylation is 1. The van der Waals surface area contributed by atoms with Crippen molar-refractivity contribution in [2.45, 2.75) is 25.8 Å². The molecular formula is C14H19ClN2O. The summed E-state index contributed by atoms with van der Waals surface area (Å²) < 4.78 is 0. The molecule has 1 atom stereocenters. The molecule has 1 unspecified atom stereocenters. The summed E-state index contributed by atoms with van der Waals surface area (Å²) in [5, 5.41) is 3.94. The van der Waals surface area contributed by atoms with Crippen LogP contribution in [-0.2, 0) is 0 Å². The molecule has 3 nitrogen and oxygen atoms in total. The standard InChI is InChI=1S/C14H19ClN2O/c1-10-5-6-11(15)8-13(10)14(18)17(2)12-4-3-7-16-9-12/h5-6,8,12,16H,3-4,7,9H2,1-2H3. The molecule has 1 fully saturated rings. The first-order valence-corrected chi connectivity index (χ1v) is 6.71. The van der Waals surface area contributed by atoms with E-state index in [-0.39, 0.29) is 11.9 Å². The molecule has 1 aromatic carbocycles. The minimum atomic E-state index is 0.0590. The van der Waals surface area contributed by atoms with Crippen molar-refractivity contribution < 1.29 is 4.79 Å². The summed E-state index contributed by atoms with van der Waals surface area (Å²) in [6.07, 6.45) is 2.19. The lowest BCUT2D eigenvalue weighted by molar-refractivity contribution is 0.0707. The minimum Gasteiger partial charge on any atom is -0.337 e. The second kappa shape index (κ2) is 5.72. The van der Waals surface area contributed by atoms with Crippen LogP contribution in [0.5, 0.6) is 0 Å². The summed E-state index contributed by atoms with van der Waals surface area (Å²) in [5.74, 6) is 0.0590. The number of nitrogens with zero attached hydrogens (tertiary/aromatic N) is 1. The second-order valence-corrected chi connectivity index (χ2v) is 5.31. The number of benzene rings is 1. The third-order valence-electron chi connectivity index (χ3n) is 3.57. The van der Waals surface area contributed by atoms with Crippen LogP contribution in [0.2, 0.25) is 5.02 Å². The van der Waals surface area contributed by atoms with Gasteiger partial charge in [-0.3, -0.25) is 4.79 Å². The van der Waals surface area contributed by atoms with Crippen molar-refractivity contribution in [2.24, 2.45) is 0 Å². The van der Waals surface area contributed by atoms with Crippen LogP contribution in [-0.4, -0.2) is 37.0 Å². The van der Waals surface area contributed by atoms with Gasteiger partial charge in [0.1, 0.15) is 0 Å². The predicted octanol–water partition coefficient (Wildman–Crippen LogP) is 2.47. The monoisotopic (exact) mass is 266 g/mol. The van der Waals surface area contributed by atoms with Crippen LogP contribution in [0.4, 0.5) is 0 Å². The number of carbonyl (C=O) groups excluding carboxylic acids is 1. The number of rotatable bonds is 2. The summed E-state index contributed by atoms with van der Waals surface area (Å²) in [6.45, 7) is 3.87. The van der Waals surface area contributed by atoms with E-state index in [0.29, 0.717) is 10.6 Å². The van der Waals surface area contributed by atoms with Crippen LogP contribution < -0.4 is 5.32 Å². The average molecular weight is 267 g/mol. The van der Waals surface area contributed by atoms with Gasteiger partial charge in [-0.05, 0) is 44.0 Å². The van der Waals surface area contributed by atoms with E-state index in [0.717, 1.165) is 31.5 Å². The zero-order chi connectivity index (χ0) is 13.1. The van der Waals surface area contributed by atoms with Crippen molar-refractivity contribution in [2.75, 3.05) is 20.1 Å². The van der Waals surface area contributed by atoms with Crippen LogP contribution in [0.25, 0.3) is 0 Å². The molecule has 98 valence electrons. The molecule has 1 aliphatic heterocycles. The van der Waals surface area contributed by atoms with E-state index in [4.69, 9.17) is 11.6 Å². The number of likely N-dealkylation sites (N-methyl/N-ethyl adjacent to an activating group) is 1. The number of piperidine rings is 1. The van der Waals surface area contributed by atoms with Crippen molar-refractivity contribution in [1.29, 1.82) is 0 Å². The zero-order valence-corrected chi connectivity index (χ0v) is 11.6. The van der Waals surface area contributed by atoms with Crippen LogP contribution in [0.3, 0.4) is 0 Å². The van der Waals surface area contributed by atoms with Gasteiger partial charge >= 0.3 is 0 Å². The van der Waals surface area contributed by atoms with Crippen LogP contribution in [0.15, 0.2) is 18.2 Å². The Balaban J connectivity index is 2.16. The summed E-state index contributed by atoms with van der Waals surface area (Å²) in [7, 11) is 1.88. The van der Waals surface area contributed by atoms with Crippen molar-refractivity contribution >= 4 is 17.5 Å². The average Bonchev–Trinajstić information content (AvgIpc) is 2.41. The maximum absolute atomic E-state index is 12.5. The van der Waals surface area contributed by atoms with E-state index in [1.807, 2.05) is 31.0 Å². The predicted molar refractivity (Wildman–Crippen MR) is 74.2 cm³/mol. The largest absolute Gasteiger partial charge is 0.337 e. The Labute approximate surface area is 113 Å². The highest BCUT2D eigenvalue weighted by Gasteiger charge is 2.23. The highest BCUT2D eigenvalue weighted by molar-refractivity contribution is 6.31. The number of carbonyl (C=O) groups is 1. The molecule has 18 heavy (non-hydrogen) atoms. The van der Waals surface area contributed by atoms with E-state index in [1.54, 1.807) is 6.07 Å². The van der Waals surface area contributed by atoms with Gasteiger partial charge in [0, 0.05) is 30.2 Å². The van der Waals surface area contributed by atoms with Crippen LogP contribution in [0.1, 0.15) is 28.8 Å². The molecule has 1 amide bonds. The highest BCUT2D eigenvalue weighted by atomic mass is 35.5.